The average Bonchev–Trinajstić information content (AvgIpc) is 3.43. The molecule has 3 aromatic rings. The van der Waals surface area contributed by atoms with Crippen LogP contribution in [0.3, 0.4) is 0 Å². The second-order valence-electron chi connectivity index (χ2n) is 7.01. The Morgan fingerprint density at radius 3 is 2.56 bits per heavy atom. The molecule has 1 amide bonds. The van der Waals surface area contributed by atoms with Crippen LogP contribution in [0.4, 0.5) is 5.69 Å². The highest BCUT2D eigenvalue weighted by molar-refractivity contribution is 6.04. The zero-order valence-electron chi connectivity index (χ0n) is 15.3. The molecule has 0 unspecified atom stereocenters. The summed E-state index contributed by atoms with van der Waals surface area (Å²) in [6, 6.07) is 17.1. The smallest absolute Gasteiger partial charge is 0.255 e. The Morgan fingerprint density at radius 2 is 1.85 bits per heavy atom. The number of nitrogens with one attached hydrogen (secondary N) is 1. The number of hydrogen-bond donors (Lipinski definition) is 1. The number of amides is 1. The number of carbonyl (C=O) groups is 1. The van der Waals surface area contributed by atoms with E-state index in [0.717, 1.165) is 23.6 Å². The first-order chi connectivity index (χ1) is 13.2. The minimum absolute atomic E-state index is 0.112. The number of carbonyl (C=O) groups excluding carboxylic acids is 1. The summed E-state index contributed by atoms with van der Waals surface area (Å²) < 4.78 is 5.33. The van der Waals surface area contributed by atoms with Gasteiger partial charge in [0.1, 0.15) is 0 Å². The van der Waals surface area contributed by atoms with Gasteiger partial charge in [0.05, 0.1) is 6.54 Å². The predicted octanol–water partition coefficient (Wildman–Crippen LogP) is 3.83. The maximum atomic E-state index is 12.3. The molecule has 1 fully saturated rings. The molecule has 1 aliphatic carbocycles. The van der Waals surface area contributed by atoms with Gasteiger partial charge in [-0.15, -0.1) is 0 Å². The molecule has 1 N–H and O–H groups in total. The van der Waals surface area contributed by atoms with Crippen LogP contribution in [0.25, 0.3) is 0 Å². The van der Waals surface area contributed by atoms with E-state index in [0.29, 0.717) is 23.9 Å². The fourth-order valence-corrected chi connectivity index (χ4v) is 2.92. The average molecular weight is 362 g/mol. The normalized spacial score (nSPS) is 13.7. The summed E-state index contributed by atoms with van der Waals surface area (Å²) >= 11 is 0. The molecule has 0 aliphatic heterocycles. The molecule has 2 aromatic carbocycles. The molecule has 4 rings (SSSR count). The lowest BCUT2D eigenvalue weighted by Crippen LogP contribution is -2.18. The van der Waals surface area contributed by atoms with Crippen molar-refractivity contribution in [3.05, 3.63) is 77.4 Å². The topological polar surface area (TPSA) is 71.3 Å². The number of rotatable bonds is 7. The summed E-state index contributed by atoms with van der Waals surface area (Å²) in [7, 11) is 2.01. The highest BCUT2D eigenvalue weighted by atomic mass is 16.5. The number of anilines is 1. The van der Waals surface area contributed by atoms with E-state index in [9.17, 15) is 4.79 Å². The summed E-state index contributed by atoms with van der Waals surface area (Å²) in [5.74, 6) is 1.88. The van der Waals surface area contributed by atoms with Crippen LogP contribution in [-0.2, 0) is 13.1 Å². The highest BCUT2D eigenvalue weighted by Crippen LogP contribution is 2.38. The van der Waals surface area contributed by atoms with Gasteiger partial charge in [-0.3, -0.25) is 9.69 Å². The molecule has 6 heteroatoms. The summed E-state index contributed by atoms with van der Waals surface area (Å²) in [4.78, 5) is 18.9. The van der Waals surface area contributed by atoms with E-state index in [1.165, 1.54) is 12.8 Å². The SMILES string of the molecule is CN(Cc1ccc(C(=O)Nc2ccccc2)cc1)Cc1nc(C2CC2)no1. The maximum Gasteiger partial charge on any atom is 0.255 e. The van der Waals surface area contributed by atoms with Crippen molar-refractivity contribution in [2.24, 2.45) is 0 Å². The third-order valence-electron chi connectivity index (χ3n) is 4.53. The van der Waals surface area contributed by atoms with E-state index >= 15 is 0 Å². The Hall–Kier alpha value is -2.99. The van der Waals surface area contributed by atoms with Crippen LogP contribution < -0.4 is 5.32 Å². The largest absolute Gasteiger partial charge is 0.338 e. The van der Waals surface area contributed by atoms with E-state index in [1.54, 1.807) is 0 Å². The molecule has 138 valence electrons. The standard InChI is InChI=1S/C21H22N4O2/c1-25(14-19-23-20(24-27-19)16-11-12-16)13-15-7-9-17(10-8-15)21(26)22-18-5-3-2-4-6-18/h2-10,16H,11-14H2,1H3,(H,22,26). The first-order valence-corrected chi connectivity index (χ1v) is 9.14. The minimum atomic E-state index is -0.112. The Balaban J connectivity index is 1.32. The molecule has 0 atom stereocenters. The summed E-state index contributed by atoms with van der Waals surface area (Å²) in [5.41, 5.74) is 2.54. The molecule has 0 spiro atoms. The Labute approximate surface area is 158 Å². The van der Waals surface area contributed by atoms with Crippen molar-refractivity contribution >= 4 is 11.6 Å². The fraction of sp³-hybridized carbons (Fsp3) is 0.286. The van der Waals surface area contributed by atoms with Crippen LogP contribution in [0.15, 0.2) is 59.1 Å². The van der Waals surface area contributed by atoms with Gasteiger partial charge in [0, 0.05) is 23.7 Å². The molecular formula is C21H22N4O2. The highest BCUT2D eigenvalue weighted by Gasteiger charge is 2.28. The lowest BCUT2D eigenvalue weighted by molar-refractivity contribution is 0.102. The summed E-state index contributed by atoms with van der Waals surface area (Å²) in [5, 5.41) is 6.94. The van der Waals surface area contributed by atoms with Gasteiger partial charge in [-0.25, -0.2) is 0 Å². The second kappa shape index (κ2) is 7.72. The Bertz CT molecular complexity index is 901. The minimum Gasteiger partial charge on any atom is -0.338 e. The van der Waals surface area contributed by atoms with Crippen molar-refractivity contribution in [3.63, 3.8) is 0 Å². The first-order valence-electron chi connectivity index (χ1n) is 9.14. The molecule has 1 heterocycles. The van der Waals surface area contributed by atoms with Gasteiger partial charge >= 0.3 is 0 Å². The van der Waals surface area contributed by atoms with Gasteiger partial charge in [0.2, 0.25) is 5.89 Å². The zero-order chi connectivity index (χ0) is 18.6. The number of para-hydroxylation sites is 1. The zero-order valence-corrected chi connectivity index (χ0v) is 15.3. The van der Waals surface area contributed by atoms with E-state index in [2.05, 4.69) is 20.4 Å². The van der Waals surface area contributed by atoms with Crippen molar-refractivity contribution < 1.29 is 9.32 Å². The summed E-state index contributed by atoms with van der Waals surface area (Å²) in [6.45, 7) is 1.34. The first kappa shape index (κ1) is 17.4. The van der Waals surface area contributed by atoms with Crippen molar-refractivity contribution in [1.29, 1.82) is 0 Å². The summed E-state index contributed by atoms with van der Waals surface area (Å²) in [6.07, 6.45) is 2.33. The van der Waals surface area contributed by atoms with Crippen LogP contribution in [-0.4, -0.2) is 28.0 Å². The number of nitrogens with zero attached hydrogens (tertiary/aromatic N) is 3. The second-order valence-corrected chi connectivity index (χ2v) is 7.01. The quantitative estimate of drug-likeness (QED) is 0.692. The van der Waals surface area contributed by atoms with Crippen LogP contribution >= 0.6 is 0 Å². The Kier molecular flexibility index (Phi) is 4.98. The van der Waals surface area contributed by atoms with Crippen LogP contribution in [0.2, 0.25) is 0 Å². The molecule has 6 nitrogen and oxygen atoms in total. The Morgan fingerprint density at radius 1 is 1.11 bits per heavy atom. The molecule has 1 aromatic heterocycles. The molecule has 1 saturated carbocycles. The van der Waals surface area contributed by atoms with Gasteiger partial charge in [-0.2, -0.15) is 4.98 Å². The van der Waals surface area contributed by atoms with Gasteiger partial charge < -0.3 is 9.84 Å². The number of aromatic nitrogens is 2. The molecule has 0 saturated heterocycles. The third kappa shape index (κ3) is 4.60. The van der Waals surface area contributed by atoms with Gasteiger partial charge in [0.15, 0.2) is 5.82 Å². The van der Waals surface area contributed by atoms with Crippen molar-refractivity contribution in [1.82, 2.24) is 15.0 Å². The molecule has 0 radical (unpaired) electrons. The molecule has 27 heavy (non-hydrogen) atoms. The van der Waals surface area contributed by atoms with Gasteiger partial charge in [0.25, 0.3) is 5.91 Å². The number of benzene rings is 2. The number of hydrogen-bond acceptors (Lipinski definition) is 5. The third-order valence-corrected chi connectivity index (χ3v) is 4.53. The lowest BCUT2D eigenvalue weighted by Gasteiger charge is -2.14. The van der Waals surface area contributed by atoms with Gasteiger partial charge in [-0.05, 0) is 49.7 Å². The van der Waals surface area contributed by atoms with E-state index in [4.69, 9.17) is 4.52 Å². The van der Waals surface area contributed by atoms with Crippen molar-refractivity contribution in [3.8, 4) is 0 Å². The van der Waals surface area contributed by atoms with Crippen LogP contribution in [0, 0.1) is 0 Å². The maximum absolute atomic E-state index is 12.3. The fourth-order valence-electron chi connectivity index (χ4n) is 2.92. The van der Waals surface area contributed by atoms with Crippen LogP contribution in [0.1, 0.15) is 46.4 Å². The molecule has 1 aliphatic rings. The van der Waals surface area contributed by atoms with Crippen LogP contribution in [0.5, 0.6) is 0 Å². The monoisotopic (exact) mass is 362 g/mol. The van der Waals surface area contributed by atoms with E-state index in [1.807, 2.05) is 61.6 Å². The van der Waals surface area contributed by atoms with E-state index < -0.39 is 0 Å². The molecular weight excluding hydrogens is 340 g/mol. The van der Waals surface area contributed by atoms with Crippen molar-refractivity contribution in [2.75, 3.05) is 12.4 Å². The van der Waals surface area contributed by atoms with Gasteiger partial charge in [-0.1, -0.05) is 35.5 Å². The van der Waals surface area contributed by atoms with E-state index in [-0.39, 0.29) is 5.91 Å². The van der Waals surface area contributed by atoms with Crippen molar-refractivity contribution in [2.45, 2.75) is 31.8 Å². The predicted molar refractivity (Wildman–Crippen MR) is 102 cm³/mol. The lowest BCUT2D eigenvalue weighted by atomic mass is 10.1. The molecule has 0 bridgehead atoms.